The summed E-state index contributed by atoms with van der Waals surface area (Å²) in [6.07, 6.45) is -4.05. The van der Waals surface area contributed by atoms with Crippen LogP contribution in [0.5, 0.6) is 23.0 Å². The van der Waals surface area contributed by atoms with E-state index in [4.69, 9.17) is 18.6 Å². The van der Waals surface area contributed by atoms with E-state index in [9.17, 15) is 27.9 Å². The minimum Gasteiger partial charge on any atom is -0.507 e. The standard InChI is InChI=1S/C26H26F3NO7/c1-3-35-25(33)15-9-11-30(12-10-15)14-19-20(31)8-7-18-21(32)23(24(26(27,28)29)37-22(18)19)36-17-6-4-5-16(13-17)34-2/h4-8,13,15,31H,3,9-12,14H2,1-2H3. The third kappa shape index (κ3) is 5.66. The van der Waals surface area contributed by atoms with Crippen molar-refractivity contribution in [3.05, 3.63) is 57.9 Å². The number of alkyl halides is 3. The molecule has 2 aromatic carbocycles. The summed E-state index contributed by atoms with van der Waals surface area (Å²) in [5.41, 5.74) is -1.36. The topological polar surface area (TPSA) is 98.4 Å². The predicted octanol–water partition coefficient (Wildman–Crippen LogP) is 5.09. The molecule has 1 aliphatic heterocycles. The molecular weight excluding hydrogens is 495 g/mol. The fourth-order valence-corrected chi connectivity index (χ4v) is 4.31. The number of hydrogen-bond donors (Lipinski definition) is 1. The van der Waals surface area contributed by atoms with E-state index in [1.165, 1.54) is 37.4 Å². The molecular formula is C26H26F3NO7. The second-order valence-corrected chi connectivity index (χ2v) is 8.61. The van der Waals surface area contributed by atoms with Gasteiger partial charge in [0.15, 0.2) is 0 Å². The van der Waals surface area contributed by atoms with Crippen LogP contribution in [0.25, 0.3) is 11.0 Å². The van der Waals surface area contributed by atoms with Crippen molar-refractivity contribution in [1.82, 2.24) is 4.90 Å². The molecule has 0 radical (unpaired) electrons. The first-order chi connectivity index (χ1) is 17.6. The molecule has 37 heavy (non-hydrogen) atoms. The Labute approximate surface area is 210 Å². The van der Waals surface area contributed by atoms with Gasteiger partial charge in [0.25, 0.3) is 5.76 Å². The molecule has 1 aromatic heterocycles. The van der Waals surface area contributed by atoms with Crippen molar-refractivity contribution in [2.24, 2.45) is 5.92 Å². The molecule has 0 spiro atoms. The molecule has 0 bridgehead atoms. The van der Waals surface area contributed by atoms with Crippen molar-refractivity contribution in [2.75, 3.05) is 26.8 Å². The highest BCUT2D eigenvalue weighted by atomic mass is 19.4. The number of ether oxygens (including phenoxy) is 3. The van der Waals surface area contributed by atoms with Crippen LogP contribution in [0, 0.1) is 5.92 Å². The first-order valence-electron chi connectivity index (χ1n) is 11.7. The van der Waals surface area contributed by atoms with Crippen LogP contribution in [0.1, 0.15) is 31.1 Å². The summed E-state index contributed by atoms with van der Waals surface area (Å²) in [5.74, 6) is -3.18. The molecule has 0 amide bonds. The molecule has 3 aromatic rings. The summed E-state index contributed by atoms with van der Waals surface area (Å²) in [6.45, 7) is 2.94. The van der Waals surface area contributed by atoms with Crippen molar-refractivity contribution in [1.29, 1.82) is 0 Å². The van der Waals surface area contributed by atoms with Crippen LogP contribution in [0.3, 0.4) is 0 Å². The average molecular weight is 521 g/mol. The zero-order valence-corrected chi connectivity index (χ0v) is 20.3. The van der Waals surface area contributed by atoms with Crippen molar-refractivity contribution in [3.8, 4) is 23.0 Å². The first-order valence-corrected chi connectivity index (χ1v) is 11.7. The molecule has 0 saturated carbocycles. The van der Waals surface area contributed by atoms with E-state index in [-0.39, 0.29) is 53.1 Å². The Morgan fingerprint density at radius 2 is 1.86 bits per heavy atom. The molecule has 1 saturated heterocycles. The quantitative estimate of drug-likeness (QED) is 0.429. The van der Waals surface area contributed by atoms with E-state index in [1.807, 2.05) is 4.90 Å². The minimum absolute atomic E-state index is 0.0229. The van der Waals surface area contributed by atoms with Gasteiger partial charge >= 0.3 is 12.1 Å². The molecule has 11 heteroatoms. The third-order valence-electron chi connectivity index (χ3n) is 6.20. The lowest BCUT2D eigenvalue weighted by molar-refractivity contribution is -0.154. The van der Waals surface area contributed by atoms with Gasteiger partial charge in [-0.2, -0.15) is 13.2 Å². The highest BCUT2D eigenvalue weighted by Crippen LogP contribution is 2.40. The SMILES string of the molecule is CCOC(=O)C1CCN(Cc2c(O)ccc3c(=O)c(Oc4cccc(OC)c4)c(C(F)(F)F)oc23)CC1. The lowest BCUT2D eigenvalue weighted by Gasteiger charge is -2.31. The lowest BCUT2D eigenvalue weighted by atomic mass is 9.96. The van der Waals surface area contributed by atoms with E-state index in [0.29, 0.717) is 31.7 Å². The number of carbonyl (C=O) groups is 1. The number of likely N-dealkylation sites (tertiary alicyclic amines) is 1. The number of phenols is 1. The van der Waals surface area contributed by atoms with E-state index >= 15 is 0 Å². The fraction of sp³-hybridized carbons (Fsp3) is 0.385. The number of rotatable bonds is 7. The van der Waals surface area contributed by atoms with Gasteiger partial charge in [-0.05, 0) is 57.1 Å². The van der Waals surface area contributed by atoms with Gasteiger partial charge in [-0.25, -0.2) is 0 Å². The molecule has 0 unspecified atom stereocenters. The van der Waals surface area contributed by atoms with Gasteiger partial charge in [-0.3, -0.25) is 14.5 Å². The van der Waals surface area contributed by atoms with Crippen LogP contribution in [-0.2, 0) is 22.3 Å². The van der Waals surface area contributed by atoms with Crippen LogP contribution in [0.4, 0.5) is 13.2 Å². The summed E-state index contributed by atoms with van der Waals surface area (Å²) in [5, 5.41) is 10.3. The van der Waals surface area contributed by atoms with E-state index in [1.54, 1.807) is 13.0 Å². The van der Waals surface area contributed by atoms with Crippen molar-refractivity contribution >= 4 is 16.9 Å². The Kier molecular flexibility index (Phi) is 7.63. The van der Waals surface area contributed by atoms with Crippen molar-refractivity contribution in [2.45, 2.75) is 32.5 Å². The Morgan fingerprint density at radius 3 is 2.51 bits per heavy atom. The molecule has 1 N–H and O–H groups in total. The maximum Gasteiger partial charge on any atom is 0.453 e. The van der Waals surface area contributed by atoms with Crippen LogP contribution in [0.15, 0.2) is 45.6 Å². The number of phenolic OH excluding ortho intramolecular Hbond substituents is 1. The predicted molar refractivity (Wildman–Crippen MR) is 127 cm³/mol. The summed E-state index contributed by atoms with van der Waals surface area (Å²) in [4.78, 5) is 27.1. The number of methoxy groups -OCH3 is 1. The molecule has 1 fully saturated rings. The van der Waals surface area contributed by atoms with Gasteiger partial charge < -0.3 is 23.7 Å². The van der Waals surface area contributed by atoms with Crippen LogP contribution in [0.2, 0.25) is 0 Å². The maximum absolute atomic E-state index is 14.0. The average Bonchev–Trinajstić information content (AvgIpc) is 2.87. The van der Waals surface area contributed by atoms with Gasteiger partial charge in [0.2, 0.25) is 11.2 Å². The first kappa shape index (κ1) is 26.3. The number of hydrogen-bond acceptors (Lipinski definition) is 8. The Bertz CT molecular complexity index is 1340. The number of aromatic hydroxyl groups is 1. The second-order valence-electron chi connectivity index (χ2n) is 8.61. The highest BCUT2D eigenvalue weighted by molar-refractivity contribution is 5.83. The zero-order valence-electron chi connectivity index (χ0n) is 20.3. The van der Waals surface area contributed by atoms with Crippen molar-refractivity contribution < 1.29 is 41.7 Å². The van der Waals surface area contributed by atoms with Crippen molar-refractivity contribution in [3.63, 3.8) is 0 Å². The van der Waals surface area contributed by atoms with Gasteiger partial charge in [0.1, 0.15) is 22.8 Å². The fourth-order valence-electron chi connectivity index (χ4n) is 4.31. The normalized spacial score (nSPS) is 15.1. The van der Waals surface area contributed by atoms with Crippen LogP contribution in [-0.4, -0.2) is 42.8 Å². The number of nitrogens with zero attached hydrogens (tertiary/aromatic N) is 1. The molecule has 2 heterocycles. The largest absolute Gasteiger partial charge is 0.507 e. The maximum atomic E-state index is 14.0. The number of fused-ring (bicyclic) bond motifs is 1. The number of esters is 1. The second kappa shape index (κ2) is 10.7. The summed E-state index contributed by atoms with van der Waals surface area (Å²) < 4.78 is 62.8. The number of halogens is 3. The lowest BCUT2D eigenvalue weighted by Crippen LogP contribution is -2.36. The van der Waals surface area contributed by atoms with Gasteiger partial charge in [0.05, 0.1) is 30.6 Å². The summed E-state index contributed by atoms with van der Waals surface area (Å²) in [7, 11) is 1.39. The van der Waals surface area contributed by atoms with E-state index < -0.39 is 23.1 Å². The highest BCUT2D eigenvalue weighted by Gasteiger charge is 2.41. The molecule has 0 atom stereocenters. The van der Waals surface area contributed by atoms with E-state index in [2.05, 4.69) is 0 Å². The molecule has 8 nitrogen and oxygen atoms in total. The Balaban J connectivity index is 1.71. The van der Waals surface area contributed by atoms with Gasteiger partial charge in [0, 0.05) is 12.6 Å². The molecule has 4 rings (SSSR count). The van der Waals surface area contributed by atoms with E-state index in [0.717, 1.165) is 0 Å². The summed E-state index contributed by atoms with van der Waals surface area (Å²) >= 11 is 0. The van der Waals surface area contributed by atoms with Gasteiger partial charge in [-0.1, -0.05) is 6.07 Å². The molecule has 1 aliphatic rings. The minimum atomic E-state index is -5.05. The number of piperidine rings is 1. The Hall–Kier alpha value is -3.73. The third-order valence-corrected chi connectivity index (χ3v) is 6.20. The molecule has 198 valence electrons. The summed E-state index contributed by atoms with van der Waals surface area (Å²) in [6, 6.07) is 8.24. The zero-order chi connectivity index (χ0) is 26.7. The smallest absolute Gasteiger partial charge is 0.453 e. The van der Waals surface area contributed by atoms with Crippen LogP contribution < -0.4 is 14.9 Å². The number of carbonyl (C=O) groups excluding carboxylic acids is 1. The van der Waals surface area contributed by atoms with Gasteiger partial charge in [-0.15, -0.1) is 0 Å². The monoisotopic (exact) mass is 521 g/mol. The molecule has 0 aliphatic carbocycles. The van der Waals surface area contributed by atoms with Crippen LogP contribution >= 0.6 is 0 Å². The Morgan fingerprint density at radius 1 is 1.16 bits per heavy atom. The number of benzene rings is 2.